The number of benzene rings is 2. The van der Waals surface area contributed by atoms with Gasteiger partial charge in [-0.15, -0.1) is 0 Å². The molecule has 142 valence electrons. The Morgan fingerprint density at radius 1 is 1.22 bits per heavy atom. The number of alkyl halides is 2. The topological polar surface area (TPSA) is 82.2 Å². The molecule has 0 spiro atoms. The lowest BCUT2D eigenvalue weighted by molar-refractivity contribution is 0.144. The van der Waals surface area contributed by atoms with E-state index in [1.165, 1.54) is 19.2 Å². The van der Waals surface area contributed by atoms with E-state index >= 15 is 0 Å². The van der Waals surface area contributed by atoms with Gasteiger partial charge in [-0.3, -0.25) is 0 Å². The van der Waals surface area contributed by atoms with Crippen LogP contribution >= 0.6 is 0 Å². The van der Waals surface area contributed by atoms with Crippen LogP contribution in [0.15, 0.2) is 41.2 Å². The molecule has 0 saturated carbocycles. The van der Waals surface area contributed by atoms with E-state index in [0.717, 1.165) is 21.0 Å². The summed E-state index contributed by atoms with van der Waals surface area (Å²) in [5.74, 6) is -0.301. The molecule has 2 aromatic carbocycles. The Bertz CT molecular complexity index is 1010. The lowest BCUT2D eigenvalue weighted by Crippen LogP contribution is -2.23. The minimum Gasteiger partial charge on any atom is -0.508 e. The van der Waals surface area contributed by atoms with Crippen molar-refractivity contribution in [2.75, 3.05) is 0 Å². The smallest absolute Gasteiger partial charge is 0.368 e. The number of aromatic nitrogens is 4. The second-order valence-electron chi connectivity index (χ2n) is 5.88. The third-order valence-corrected chi connectivity index (χ3v) is 4.18. The van der Waals surface area contributed by atoms with Gasteiger partial charge in [0.25, 0.3) is 6.43 Å². The van der Waals surface area contributed by atoms with Gasteiger partial charge >= 0.3 is 5.69 Å². The van der Waals surface area contributed by atoms with Gasteiger partial charge in [-0.05, 0) is 46.7 Å². The number of phenolic OH excluding ortho intramolecular Hbond substituents is 1. The molecule has 0 amide bonds. The monoisotopic (exact) mass is 376 g/mol. The van der Waals surface area contributed by atoms with Gasteiger partial charge in [0.05, 0.1) is 11.3 Å². The minimum absolute atomic E-state index is 0.0360. The number of rotatable bonds is 6. The van der Waals surface area contributed by atoms with Crippen LogP contribution in [0.25, 0.3) is 5.69 Å². The second-order valence-corrected chi connectivity index (χ2v) is 5.88. The molecule has 0 atom stereocenters. The number of hydrogen-bond acceptors (Lipinski definition) is 5. The summed E-state index contributed by atoms with van der Waals surface area (Å²) in [6.07, 6.45) is -2.14. The van der Waals surface area contributed by atoms with Crippen molar-refractivity contribution < 1.29 is 18.6 Å². The van der Waals surface area contributed by atoms with Crippen LogP contribution in [0.2, 0.25) is 0 Å². The molecule has 0 bridgehead atoms. The number of phenols is 1. The average Bonchev–Trinajstić information content (AvgIpc) is 2.99. The van der Waals surface area contributed by atoms with Gasteiger partial charge in [-0.1, -0.05) is 19.1 Å². The summed E-state index contributed by atoms with van der Waals surface area (Å²) < 4.78 is 34.3. The van der Waals surface area contributed by atoms with Gasteiger partial charge in [0, 0.05) is 12.6 Å². The number of ether oxygens (including phenoxy) is 1. The Morgan fingerprint density at radius 2 is 2.00 bits per heavy atom. The Morgan fingerprint density at radius 3 is 2.63 bits per heavy atom. The molecule has 27 heavy (non-hydrogen) atoms. The Labute approximate surface area is 153 Å². The Hall–Kier alpha value is -3.23. The SMILES string of the molecule is CCc1cccc(-n2nnn(C)c2=O)c1COc1ccc(O)cc1C(F)F. The Kier molecular flexibility index (Phi) is 5.20. The van der Waals surface area contributed by atoms with E-state index in [1.807, 2.05) is 13.0 Å². The van der Waals surface area contributed by atoms with Gasteiger partial charge in [0.2, 0.25) is 0 Å². The summed E-state index contributed by atoms with van der Waals surface area (Å²) in [4.78, 5) is 12.2. The molecule has 7 nitrogen and oxygen atoms in total. The maximum Gasteiger partial charge on any atom is 0.368 e. The van der Waals surface area contributed by atoms with Crippen molar-refractivity contribution in [3.05, 3.63) is 63.6 Å². The van der Waals surface area contributed by atoms with Gasteiger partial charge in [0.1, 0.15) is 18.1 Å². The first-order chi connectivity index (χ1) is 12.9. The molecule has 0 aliphatic rings. The summed E-state index contributed by atoms with van der Waals surface area (Å²) >= 11 is 0. The molecule has 0 aliphatic heterocycles. The van der Waals surface area contributed by atoms with E-state index in [1.54, 1.807) is 12.1 Å². The van der Waals surface area contributed by atoms with E-state index in [-0.39, 0.29) is 18.1 Å². The predicted octanol–water partition coefficient (Wildman–Crippen LogP) is 2.75. The van der Waals surface area contributed by atoms with Crippen molar-refractivity contribution in [1.29, 1.82) is 0 Å². The number of aryl methyl sites for hydroxylation is 2. The van der Waals surface area contributed by atoms with E-state index < -0.39 is 17.7 Å². The number of nitrogens with zero attached hydrogens (tertiary/aromatic N) is 4. The van der Waals surface area contributed by atoms with Crippen molar-refractivity contribution >= 4 is 0 Å². The molecule has 0 saturated heterocycles. The average molecular weight is 376 g/mol. The van der Waals surface area contributed by atoms with E-state index in [9.17, 15) is 18.7 Å². The molecule has 3 rings (SSSR count). The van der Waals surface area contributed by atoms with Crippen molar-refractivity contribution in [1.82, 2.24) is 19.8 Å². The molecule has 3 aromatic rings. The minimum atomic E-state index is -2.80. The van der Waals surface area contributed by atoms with Crippen LogP contribution in [0.3, 0.4) is 0 Å². The van der Waals surface area contributed by atoms with E-state index in [4.69, 9.17) is 4.74 Å². The molecule has 1 aromatic heterocycles. The zero-order valence-corrected chi connectivity index (χ0v) is 14.8. The van der Waals surface area contributed by atoms with Gasteiger partial charge in [0.15, 0.2) is 0 Å². The fraction of sp³-hybridized carbons (Fsp3) is 0.278. The van der Waals surface area contributed by atoms with Crippen LogP contribution in [0.4, 0.5) is 8.78 Å². The standard InChI is InChI=1S/C18H18F2N4O3/c1-3-11-5-4-6-15(24-18(26)23(2)21-22-24)14(11)10-27-16-8-7-12(25)9-13(16)17(19)20/h4-9,17,25H,3,10H2,1-2H3. The zero-order chi connectivity index (χ0) is 19.6. The van der Waals surface area contributed by atoms with E-state index in [2.05, 4.69) is 10.4 Å². The fourth-order valence-electron chi connectivity index (χ4n) is 2.77. The number of halogens is 2. The van der Waals surface area contributed by atoms with Crippen molar-refractivity contribution in [2.24, 2.45) is 7.05 Å². The van der Waals surface area contributed by atoms with Gasteiger partial charge in [-0.25, -0.2) is 13.6 Å². The molecule has 9 heteroatoms. The highest BCUT2D eigenvalue weighted by atomic mass is 19.3. The highest BCUT2D eigenvalue weighted by molar-refractivity contribution is 5.46. The van der Waals surface area contributed by atoms with Crippen molar-refractivity contribution in [2.45, 2.75) is 26.4 Å². The molecular weight excluding hydrogens is 358 g/mol. The van der Waals surface area contributed by atoms with Crippen LogP contribution in [-0.2, 0) is 20.1 Å². The van der Waals surface area contributed by atoms with Crippen molar-refractivity contribution in [3.8, 4) is 17.2 Å². The van der Waals surface area contributed by atoms with Crippen LogP contribution in [0.1, 0.15) is 30.0 Å². The Balaban J connectivity index is 2.00. The van der Waals surface area contributed by atoms with Gasteiger partial charge in [-0.2, -0.15) is 9.36 Å². The predicted molar refractivity (Wildman–Crippen MR) is 93.4 cm³/mol. The van der Waals surface area contributed by atoms with Crippen LogP contribution in [0, 0.1) is 0 Å². The summed E-state index contributed by atoms with van der Waals surface area (Å²) in [6, 6.07) is 8.89. The summed E-state index contributed by atoms with van der Waals surface area (Å²) in [5.41, 5.74) is 1.19. The van der Waals surface area contributed by atoms with Gasteiger partial charge < -0.3 is 9.84 Å². The fourth-order valence-corrected chi connectivity index (χ4v) is 2.77. The van der Waals surface area contributed by atoms with Crippen LogP contribution < -0.4 is 10.4 Å². The van der Waals surface area contributed by atoms with Crippen LogP contribution in [-0.4, -0.2) is 24.9 Å². The summed E-state index contributed by atoms with van der Waals surface area (Å²) in [7, 11) is 1.48. The number of tetrazole rings is 1. The summed E-state index contributed by atoms with van der Waals surface area (Å²) in [5, 5.41) is 17.0. The molecule has 0 unspecified atom stereocenters. The lowest BCUT2D eigenvalue weighted by atomic mass is 10.0. The third kappa shape index (κ3) is 3.67. The summed E-state index contributed by atoms with van der Waals surface area (Å²) in [6.45, 7) is 1.89. The van der Waals surface area contributed by atoms with Crippen LogP contribution in [0.5, 0.6) is 11.5 Å². The van der Waals surface area contributed by atoms with E-state index in [0.29, 0.717) is 17.7 Å². The zero-order valence-electron chi connectivity index (χ0n) is 14.8. The molecule has 0 aliphatic carbocycles. The molecule has 0 fully saturated rings. The molecular formula is C18H18F2N4O3. The van der Waals surface area contributed by atoms with Crippen molar-refractivity contribution in [3.63, 3.8) is 0 Å². The number of hydrogen-bond donors (Lipinski definition) is 1. The first kappa shape index (κ1) is 18.6. The maximum atomic E-state index is 13.2. The number of aromatic hydroxyl groups is 1. The highest BCUT2D eigenvalue weighted by Crippen LogP contribution is 2.33. The third-order valence-electron chi connectivity index (χ3n) is 4.18. The molecule has 1 heterocycles. The largest absolute Gasteiger partial charge is 0.508 e. The normalized spacial score (nSPS) is 11.1. The first-order valence-corrected chi connectivity index (χ1v) is 8.26. The maximum absolute atomic E-state index is 13.2. The first-order valence-electron chi connectivity index (χ1n) is 8.26. The second kappa shape index (κ2) is 7.56. The molecule has 0 radical (unpaired) electrons. The molecule has 1 N–H and O–H groups in total. The quantitative estimate of drug-likeness (QED) is 0.715. The lowest BCUT2D eigenvalue weighted by Gasteiger charge is -2.16. The highest BCUT2D eigenvalue weighted by Gasteiger charge is 2.18.